The molecule has 0 fully saturated rings. The molecule has 0 bridgehead atoms. The fourth-order valence-corrected chi connectivity index (χ4v) is 2.06. The maximum atomic E-state index is 12.1. The lowest BCUT2D eigenvalue weighted by atomic mass is 10.0. The van der Waals surface area contributed by atoms with E-state index in [2.05, 4.69) is 19.0 Å². The summed E-state index contributed by atoms with van der Waals surface area (Å²) in [5.74, 6) is 1.16. The van der Waals surface area contributed by atoms with Gasteiger partial charge >= 0.3 is 0 Å². The van der Waals surface area contributed by atoms with E-state index in [0.29, 0.717) is 17.2 Å². The Kier molecular flexibility index (Phi) is 4.23. The summed E-state index contributed by atoms with van der Waals surface area (Å²) in [6, 6.07) is 6.91. The van der Waals surface area contributed by atoms with Crippen molar-refractivity contribution in [3.05, 3.63) is 46.8 Å². The molecule has 1 aromatic carbocycles. The molecule has 1 aromatic heterocycles. The minimum Gasteiger partial charge on any atom is -0.508 e. The molecule has 2 rings (SSSR count). The van der Waals surface area contributed by atoms with E-state index in [-0.39, 0.29) is 18.0 Å². The van der Waals surface area contributed by atoms with Gasteiger partial charge in [0.15, 0.2) is 5.78 Å². The van der Waals surface area contributed by atoms with Crippen LogP contribution in [0.3, 0.4) is 0 Å². The monoisotopic (exact) mass is 273 g/mol. The fraction of sp³-hybridized carbons (Fsp3) is 0.375. The van der Waals surface area contributed by atoms with Crippen LogP contribution in [0.25, 0.3) is 0 Å². The zero-order valence-electron chi connectivity index (χ0n) is 12.0. The maximum absolute atomic E-state index is 12.1. The van der Waals surface area contributed by atoms with Crippen LogP contribution in [0.15, 0.2) is 28.8 Å². The van der Waals surface area contributed by atoms with E-state index in [0.717, 1.165) is 17.7 Å². The highest BCUT2D eigenvalue weighted by molar-refractivity contribution is 5.96. The number of Topliss-reactive ketones (excluding diaryl/α,β-unsaturated/α-hetero) is 1. The Morgan fingerprint density at radius 2 is 2.10 bits per heavy atom. The number of aromatic nitrogens is 1. The van der Waals surface area contributed by atoms with Crippen molar-refractivity contribution >= 4 is 5.78 Å². The molecule has 4 heteroatoms. The number of hydrogen-bond donors (Lipinski definition) is 1. The number of phenols is 1. The molecule has 4 nitrogen and oxygen atoms in total. The van der Waals surface area contributed by atoms with Gasteiger partial charge in [0.1, 0.15) is 17.2 Å². The van der Waals surface area contributed by atoms with Gasteiger partial charge in [-0.15, -0.1) is 0 Å². The third-order valence-corrected chi connectivity index (χ3v) is 3.04. The van der Waals surface area contributed by atoms with Gasteiger partial charge < -0.3 is 9.63 Å². The van der Waals surface area contributed by atoms with Gasteiger partial charge in [0, 0.05) is 24.5 Å². The number of phenolic OH excluding ortho intramolecular Hbond substituents is 1. The molecular formula is C16H19NO3. The molecule has 2 aromatic rings. The summed E-state index contributed by atoms with van der Waals surface area (Å²) in [6.07, 6.45) is 0.886. The first kappa shape index (κ1) is 14.3. The molecule has 0 saturated carbocycles. The number of carbonyl (C=O) groups is 1. The lowest BCUT2D eigenvalue weighted by Gasteiger charge is -2.03. The molecule has 106 valence electrons. The van der Waals surface area contributed by atoms with Crippen molar-refractivity contribution < 1.29 is 14.4 Å². The van der Waals surface area contributed by atoms with Crippen molar-refractivity contribution in [1.29, 1.82) is 0 Å². The van der Waals surface area contributed by atoms with Crippen molar-refractivity contribution in [1.82, 2.24) is 5.16 Å². The number of nitrogens with zero attached hydrogens (tertiary/aromatic N) is 1. The van der Waals surface area contributed by atoms with Gasteiger partial charge in [-0.2, -0.15) is 0 Å². The van der Waals surface area contributed by atoms with Crippen molar-refractivity contribution in [3.8, 4) is 5.75 Å². The van der Waals surface area contributed by atoms with E-state index in [4.69, 9.17) is 4.52 Å². The topological polar surface area (TPSA) is 63.3 Å². The highest BCUT2D eigenvalue weighted by atomic mass is 16.5. The van der Waals surface area contributed by atoms with E-state index in [1.54, 1.807) is 18.2 Å². The molecule has 0 aliphatic carbocycles. The first-order valence-electron chi connectivity index (χ1n) is 6.73. The minimum atomic E-state index is -0.148. The van der Waals surface area contributed by atoms with Crippen molar-refractivity contribution in [2.75, 3.05) is 0 Å². The van der Waals surface area contributed by atoms with Crippen LogP contribution in [-0.2, 0) is 12.8 Å². The van der Waals surface area contributed by atoms with Crippen molar-refractivity contribution in [2.45, 2.75) is 33.6 Å². The molecule has 1 heterocycles. The lowest BCUT2D eigenvalue weighted by Crippen LogP contribution is -2.04. The van der Waals surface area contributed by atoms with Gasteiger partial charge in [0.25, 0.3) is 0 Å². The average Bonchev–Trinajstić information content (AvgIpc) is 2.81. The third kappa shape index (κ3) is 3.47. The Morgan fingerprint density at radius 1 is 1.35 bits per heavy atom. The molecular weight excluding hydrogens is 254 g/mol. The Balaban J connectivity index is 2.11. The molecule has 0 saturated heterocycles. The molecule has 20 heavy (non-hydrogen) atoms. The summed E-state index contributed by atoms with van der Waals surface area (Å²) in [6.45, 7) is 6.08. The number of aromatic hydroxyl groups is 1. The van der Waals surface area contributed by atoms with E-state index < -0.39 is 0 Å². The molecule has 1 N–H and O–H groups in total. The number of ketones is 1. The molecule has 0 spiro atoms. The van der Waals surface area contributed by atoms with Crippen molar-refractivity contribution in [2.24, 2.45) is 5.92 Å². The molecule has 0 unspecified atom stereocenters. The van der Waals surface area contributed by atoms with Crippen LogP contribution in [0.1, 0.15) is 41.2 Å². The molecule has 0 aliphatic rings. The molecule has 0 amide bonds. The Labute approximate surface area is 118 Å². The SMILES string of the molecule is Cc1ccc(O)c(CC(=O)c2cc(CC(C)C)on2)c1. The van der Waals surface area contributed by atoms with E-state index in [9.17, 15) is 9.90 Å². The second kappa shape index (κ2) is 5.90. The standard InChI is InChI=1S/C16H19NO3/c1-10(2)6-13-9-14(17-20-13)16(19)8-12-7-11(3)4-5-15(12)18/h4-5,7,9-10,18H,6,8H2,1-3H3. The van der Waals surface area contributed by atoms with E-state index in [1.807, 2.05) is 13.0 Å². The number of hydrogen-bond acceptors (Lipinski definition) is 4. The number of carbonyl (C=O) groups excluding carboxylic acids is 1. The Hall–Kier alpha value is -2.10. The number of aryl methyl sites for hydroxylation is 1. The van der Waals surface area contributed by atoms with Gasteiger partial charge in [-0.3, -0.25) is 4.79 Å². The minimum absolute atomic E-state index is 0.126. The normalized spacial score (nSPS) is 11.0. The largest absolute Gasteiger partial charge is 0.508 e. The van der Waals surface area contributed by atoms with Gasteiger partial charge in [-0.1, -0.05) is 36.7 Å². The predicted octanol–water partition coefficient (Wildman–Crippen LogP) is 3.31. The first-order valence-corrected chi connectivity index (χ1v) is 6.73. The van der Waals surface area contributed by atoms with Crippen LogP contribution >= 0.6 is 0 Å². The quantitative estimate of drug-likeness (QED) is 0.849. The average molecular weight is 273 g/mol. The van der Waals surface area contributed by atoms with Gasteiger partial charge in [-0.25, -0.2) is 0 Å². The maximum Gasteiger partial charge on any atom is 0.189 e. The highest BCUT2D eigenvalue weighted by Crippen LogP contribution is 2.20. The highest BCUT2D eigenvalue weighted by Gasteiger charge is 2.15. The van der Waals surface area contributed by atoms with Crippen LogP contribution in [-0.4, -0.2) is 16.0 Å². The van der Waals surface area contributed by atoms with E-state index in [1.165, 1.54) is 0 Å². The second-order valence-corrected chi connectivity index (χ2v) is 5.51. The summed E-state index contributed by atoms with van der Waals surface area (Å²) < 4.78 is 5.15. The van der Waals surface area contributed by atoms with Crippen molar-refractivity contribution in [3.63, 3.8) is 0 Å². The van der Waals surface area contributed by atoms with Crippen LogP contribution < -0.4 is 0 Å². The third-order valence-electron chi connectivity index (χ3n) is 3.04. The zero-order valence-corrected chi connectivity index (χ0v) is 12.0. The van der Waals surface area contributed by atoms with Crippen LogP contribution in [0, 0.1) is 12.8 Å². The second-order valence-electron chi connectivity index (χ2n) is 5.51. The number of benzene rings is 1. The summed E-state index contributed by atoms with van der Waals surface area (Å²) >= 11 is 0. The lowest BCUT2D eigenvalue weighted by molar-refractivity contribution is 0.0983. The Morgan fingerprint density at radius 3 is 2.80 bits per heavy atom. The van der Waals surface area contributed by atoms with Crippen LogP contribution in [0.5, 0.6) is 5.75 Å². The van der Waals surface area contributed by atoms with Crippen LogP contribution in [0.4, 0.5) is 0 Å². The summed E-state index contributed by atoms with van der Waals surface area (Å²) in [4.78, 5) is 12.1. The van der Waals surface area contributed by atoms with Crippen LogP contribution in [0.2, 0.25) is 0 Å². The van der Waals surface area contributed by atoms with Gasteiger partial charge in [-0.05, 0) is 18.9 Å². The molecule has 0 atom stereocenters. The predicted molar refractivity (Wildman–Crippen MR) is 75.9 cm³/mol. The fourth-order valence-electron chi connectivity index (χ4n) is 2.06. The molecule has 0 aliphatic heterocycles. The summed E-state index contributed by atoms with van der Waals surface area (Å²) in [5.41, 5.74) is 1.94. The van der Waals surface area contributed by atoms with Gasteiger partial charge in [0.05, 0.1) is 0 Å². The number of rotatable bonds is 5. The van der Waals surface area contributed by atoms with Gasteiger partial charge in [0.2, 0.25) is 0 Å². The van der Waals surface area contributed by atoms with E-state index >= 15 is 0 Å². The first-order chi connectivity index (χ1) is 9.45. The zero-order chi connectivity index (χ0) is 14.7. The smallest absolute Gasteiger partial charge is 0.189 e. The summed E-state index contributed by atoms with van der Waals surface area (Å²) in [5, 5.41) is 13.6. The summed E-state index contributed by atoms with van der Waals surface area (Å²) in [7, 11) is 0. The molecule has 0 radical (unpaired) electrons. The Bertz CT molecular complexity index is 614.